The van der Waals surface area contributed by atoms with Crippen LogP contribution in [-0.4, -0.2) is 154 Å². The highest BCUT2D eigenvalue weighted by molar-refractivity contribution is 5.56. The zero-order chi connectivity index (χ0) is 88.6. The molecule has 120 heavy (non-hydrogen) atoms. The molecule has 13 rings (SSSR count). The summed E-state index contributed by atoms with van der Waals surface area (Å²) in [4.78, 5) is 15.9. The number of benzene rings is 6. The molecule has 0 amide bonds. The molecule has 6 aromatic carbocycles. The maximum absolute atomic E-state index is 13.1. The minimum Gasteiger partial charge on any atom is -0.491 e. The second-order valence-corrected chi connectivity index (χ2v) is 37.1. The first-order chi connectivity index (χ1) is 56.9. The number of aryl methyl sites for hydroxylation is 2. The average molecular weight is 1660 g/mol. The fourth-order valence-corrected chi connectivity index (χ4v) is 13.4. The Morgan fingerprint density at radius 2 is 1.23 bits per heavy atom. The van der Waals surface area contributed by atoms with Crippen LogP contribution in [0.25, 0.3) is 0 Å². The minimum absolute atomic E-state index is 0.0346. The Bertz CT molecular complexity index is 3850. The number of nitrogens with one attached hydrogen (secondary N) is 2. The Hall–Kier alpha value is -7.01. The molecule has 1 saturated carbocycles. The summed E-state index contributed by atoms with van der Waals surface area (Å²) in [6, 6.07) is 47.0. The van der Waals surface area contributed by atoms with Crippen LogP contribution >= 0.6 is 0 Å². The molecule has 6 aromatic rings. The van der Waals surface area contributed by atoms with Crippen LogP contribution in [0.4, 0.5) is 15.8 Å². The topological polar surface area (TPSA) is 132 Å². The minimum atomic E-state index is -0.276. The first-order valence-corrected chi connectivity index (χ1v) is 45.3. The van der Waals surface area contributed by atoms with Gasteiger partial charge in [0.2, 0.25) is 6.29 Å². The van der Waals surface area contributed by atoms with Crippen molar-refractivity contribution in [1.82, 2.24) is 15.1 Å². The molecule has 15 nitrogen and oxygen atoms in total. The molecule has 2 aliphatic carbocycles. The number of rotatable bonds is 22. The van der Waals surface area contributed by atoms with Crippen LogP contribution in [0.2, 0.25) is 0 Å². The summed E-state index contributed by atoms with van der Waals surface area (Å²) in [5.41, 5.74) is 9.84. The predicted octanol–water partition coefficient (Wildman–Crippen LogP) is 22.8. The van der Waals surface area contributed by atoms with Gasteiger partial charge in [0.05, 0.1) is 71.8 Å². The van der Waals surface area contributed by atoms with E-state index in [1.165, 1.54) is 120 Å². The normalized spacial score (nSPS) is 16.2. The van der Waals surface area contributed by atoms with Gasteiger partial charge in [0.15, 0.2) is 0 Å². The maximum atomic E-state index is 13.1. The van der Waals surface area contributed by atoms with Crippen molar-refractivity contribution in [3.05, 3.63) is 202 Å². The molecule has 2 saturated heterocycles. The number of likely N-dealkylation sites (tertiary alicyclic amines) is 1. The molecule has 0 spiro atoms. The van der Waals surface area contributed by atoms with E-state index in [0.717, 1.165) is 95.3 Å². The van der Waals surface area contributed by atoms with Gasteiger partial charge in [0.1, 0.15) is 30.6 Å². The van der Waals surface area contributed by atoms with Crippen LogP contribution in [0.15, 0.2) is 162 Å². The average Bonchev–Trinajstić information content (AvgIpc) is 1.26. The third-order valence-electron chi connectivity index (χ3n) is 20.8. The van der Waals surface area contributed by atoms with Crippen molar-refractivity contribution in [3.8, 4) is 23.8 Å². The molecule has 5 aliphatic heterocycles. The van der Waals surface area contributed by atoms with Gasteiger partial charge in [-0.05, 0) is 353 Å². The summed E-state index contributed by atoms with van der Waals surface area (Å²) < 4.78 is 57.4. The number of anilines is 2. The van der Waals surface area contributed by atoms with E-state index >= 15 is 0 Å². The summed E-state index contributed by atoms with van der Waals surface area (Å²) >= 11 is 0. The highest BCUT2D eigenvalue weighted by Gasteiger charge is 2.25. The summed E-state index contributed by atoms with van der Waals surface area (Å²) in [6.07, 6.45) is 28.1. The molecule has 0 radical (unpaired) electrons. The molecule has 2 N–H and O–H groups in total. The van der Waals surface area contributed by atoms with Crippen molar-refractivity contribution in [2.75, 3.05) is 83.0 Å². The number of likely N-dealkylation sites (N-methyl/N-ethyl adjacent to an activating group) is 1. The number of hydrogen-bond donors (Lipinski definition) is 2. The second-order valence-electron chi connectivity index (χ2n) is 37.1. The lowest BCUT2D eigenvalue weighted by Gasteiger charge is -2.34. The smallest absolute Gasteiger partial charge is 0.223 e. The fraction of sp³-hybridized carbons (Fsp3) is 0.615. The van der Waals surface area contributed by atoms with Gasteiger partial charge in [-0.15, -0.1) is 6.42 Å². The van der Waals surface area contributed by atoms with Gasteiger partial charge < -0.3 is 58.3 Å². The number of terminal acetylenes is 1. The summed E-state index contributed by atoms with van der Waals surface area (Å²) in [5, 5.41) is 8.36. The third-order valence-corrected chi connectivity index (χ3v) is 20.8. The molecule has 5 heterocycles. The van der Waals surface area contributed by atoms with Gasteiger partial charge in [0, 0.05) is 72.3 Å². The van der Waals surface area contributed by atoms with E-state index in [2.05, 4.69) is 219 Å². The van der Waals surface area contributed by atoms with Crippen molar-refractivity contribution in [2.45, 2.75) is 335 Å². The van der Waals surface area contributed by atoms with Gasteiger partial charge in [-0.3, -0.25) is 14.9 Å². The molecule has 7 aliphatic rings. The lowest BCUT2D eigenvalue weighted by atomic mass is 9.86. The molecular weight excluding hydrogens is 1490 g/mol. The molecule has 670 valence electrons. The van der Waals surface area contributed by atoms with Gasteiger partial charge in [0.25, 0.3) is 0 Å². The van der Waals surface area contributed by atoms with Crippen molar-refractivity contribution in [1.29, 1.82) is 0 Å². The summed E-state index contributed by atoms with van der Waals surface area (Å²) in [7, 11) is 2.18. The zero-order valence-electron chi connectivity index (χ0n) is 79.4. The first kappa shape index (κ1) is 105. The van der Waals surface area contributed by atoms with Crippen molar-refractivity contribution < 1.29 is 42.3 Å². The molecular formula is C104H164FN7O8. The van der Waals surface area contributed by atoms with E-state index in [-0.39, 0.29) is 47.6 Å². The van der Waals surface area contributed by atoms with Gasteiger partial charge >= 0.3 is 0 Å². The predicted molar refractivity (Wildman–Crippen MR) is 503 cm³/mol. The number of fused-ring (bicyclic) bond motifs is 3. The van der Waals surface area contributed by atoms with E-state index in [1.807, 2.05) is 135 Å². The molecule has 3 fully saturated rings. The Labute approximate surface area is 729 Å². The summed E-state index contributed by atoms with van der Waals surface area (Å²) in [5.74, 6) is 5.96. The monoisotopic (exact) mass is 1660 g/mol. The standard InChI is InChI=1S/C13H21N.C12H17N.C12H16O3.C12H14O.C11H23NO.C10H14FN.C10H12N2O.C8H17N.C8H16O.C8H14O/c1-13(2,3)14(4)11-10-12-8-6-5-7-9-12;1-10(2)13-9-5-7-11-6-3-4-8-12(11)13;1-9(2)13-8-12-14-7-10-5-3-4-6-11(10)15-12;1-4-11-5-7-12(8-6-11)9-13-10(2)3;1-11(2,3)13-9-6-10-4-7-12-8-5-10;1-7(2)12-10-8(3)5-4-6-9(10)11;1-7(2)13-8-3-4-9-10(5-8)12-6-11-9;1-8(2,3)9-6-4-5-7-9;1-7(2)9-6-8-4-3-5-8;1-7(2)9-8-5-3-4-6-8/h5-9H,10-11H2,1-4H3;3-4,6,8,10H,5,7,9H2,1-2H3;3-6,9,12H,7-8H2,1-2H3;1,5-8,10H,9H2,2-3H3;10,12H,4-9H2,1-3H3;4-7,12H,1-3H3;3-5,7H,6H2,1-2H3;4-7H2,1-3H3;7-8H,3-6H2,1-2H3;3-4,7-8H,5-6H2,1-2H3. The van der Waals surface area contributed by atoms with Crippen LogP contribution < -0.4 is 35.7 Å². The van der Waals surface area contributed by atoms with E-state index < -0.39 is 0 Å². The molecule has 0 bridgehead atoms. The number of para-hydroxylation sites is 3. The number of hydrogen-bond acceptors (Lipinski definition) is 15. The third kappa shape index (κ3) is 46.5. The Morgan fingerprint density at radius 3 is 1.77 bits per heavy atom. The zero-order valence-corrected chi connectivity index (χ0v) is 79.4. The van der Waals surface area contributed by atoms with E-state index in [9.17, 15) is 4.39 Å². The van der Waals surface area contributed by atoms with Crippen LogP contribution in [-0.2, 0) is 54.5 Å². The number of ether oxygens (including phenoxy) is 8. The first-order valence-electron chi connectivity index (χ1n) is 45.3. The molecule has 0 aromatic heterocycles. The van der Waals surface area contributed by atoms with Gasteiger partial charge in [-0.1, -0.05) is 115 Å². The van der Waals surface area contributed by atoms with Crippen LogP contribution in [0.3, 0.4) is 0 Å². The highest BCUT2D eigenvalue weighted by atomic mass is 19.1. The van der Waals surface area contributed by atoms with Crippen LogP contribution in [0, 0.1) is 36.9 Å². The van der Waals surface area contributed by atoms with Crippen molar-refractivity contribution in [3.63, 3.8) is 0 Å². The lowest BCUT2D eigenvalue weighted by molar-refractivity contribution is -0.150. The quantitative estimate of drug-likeness (QED) is 0.0494. The maximum Gasteiger partial charge on any atom is 0.223 e. The molecule has 16 heteroatoms. The van der Waals surface area contributed by atoms with Gasteiger partial charge in [-0.25, -0.2) is 4.39 Å². The van der Waals surface area contributed by atoms with Crippen molar-refractivity contribution >= 4 is 11.4 Å². The number of halogens is 1. The molecule has 1 atom stereocenters. The van der Waals surface area contributed by atoms with Crippen LogP contribution in [0.5, 0.6) is 11.5 Å². The second kappa shape index (κ2) is 57.4. The Kier molecular flexibility index (Phi) is 50.4. The number of piperidine rings is 1. The number of nitrogens with zero attached hydrogens (tertiary/aromatic N) is 5. The largest absolute Gasteiger partial charge is 0.491 e. The van der Waals surface area contributed by atoms with Crippen LogP contribution in [0.1, 0.15) is 263 Å². The lowest BCUT2D eigenvalue weighted by Crippen LogP contribution is -2.39. The fourth-order valence-electron chi connectivity index (χ4n) is 13.4. The highest BCUT2D eigenvalue weighted by Crippen LogP contribution is 2.30. The van der Waals surface area contributed by atoms with E-state index in [0.29, 0.717) is 62.1 Å². The Morgan fingerprint density at radius 1 is 0.617 bits per heavy atom. The van der Waals surface area contributed by atoms with E-state index in [1.54, 1.807) is 6.07 Å². The van der Waals surface area contributed by atoms with Crippen molar-refractivity contribution in [2.24, 2.45) is 21.8 Å². The van der Waals surface area contributed by atoms with E-state index in [4.69, 9.17) is 44.3 Å². The van der Waals surface area contributed by atoms with Gasteiger partial charge in [-0.2, -0.15) is 0 Å². The summed E-state index contributed by atoms with van der Waals surface area (Å²) in [6.45, 7) is 62.4. The Balaban J connectivity index is 0.000000281. The SMILES string of the molecule is C#Cc1ccc(COC(C)C)cc1.CC(C)(C)N1CCCC1.CC(C)(C)OCCC1CCNCC1.CC(C)N1CCCc2ccccc21.CC(C)OC1CC=CC1.CC(C)OCC1CCC1.CC(C)OCC1OCc2ccccc2O1.CC(C)Oc1ccc2c(c1)=NCN=2.CN(CCc1ccccc1)C(C)(C)C.Cc1cccc(F)c1NC(C)C. The molecule has 1 unspecified atom stereocenters.